The normalized spacial score (nSPS) is 11.7. The predicted molar refractivity (Wildman–Crippen MR) is 126 cm³/mol. The highest BCUT2D eigenvalue weighted by Crippen LogP contribution is 2.36. The van der Waals surface area contributed by atoms with Gasteiger partial charge >= 0.3 is 5.97 Å². The van der Waals surface area contributed by atoms with Gasteiger partial charge in [-0.15, -0.1) is 0 Å². The number of carbonyl (C=O) groups is 1. The molecular weight excluding hydrogens is 438 g/mol. The topological polar surface area (TPSA) is 42.2 Å². The second-order valence-corrected chi connectivity index (χ2v) is 9.50. The van der Waals surface area contributed by atoms with Crippen molar-refractivity contribution in [3.63, 3.8) is 0 Å². The van der Waals surface area contributed by atoms with Crippen LogP contribution in [0.1, 0.15) is 42.4 Å². The average Bonchev–Trinajstić information content (AvgIpc) is 3.02. The molecule has 0 fully saturated rings. The summed E-state index contributed by atoms with van der Waals surface area (Å²) in [6.07, 6.45) is 0. The van der Waals surface area contributed by atoms with Gasteiger partial charge in [-0.05, 0) is 40.3 Å². The lowest BCUT2D eigenvalue weighted by Gasteiger charge is -2.19. The molecule has 0 spiro atoms. The number of hydrogen-bond acceptors (Lipinski definition) is 1. The van der Waals surface area contributed by atoms with E-state index in [1.54, 1.807) is 0 Å². The van der Waals surface area contributed by atoms with Gasteiger partial charge in [0.05, 0.1) is 0 Å². The van der Waals surface area contributed by atoms with E-state index in [1.165, 1.54) is 5.56 Å². The summed E-state index contributed by atoms with van der Waals surface area (Å²) >= 11 is 3.51. The molecule has 0 atom stereocenters. The van der Waals surface area contributed by atoms with Gasteiger partial charge < -0.3 is 9.67 Å². The summed E-state index contributed by atoms with van der Waals surface area (Å²) in [7, 11) is 0. The molecule has 0 saturated heterocycles. The molecule has 4 heteroatoms. The van der Waals surface area contributed by atoms with Gasteiger partial charge in [0.25, 0.3) is 0 Å². The summed E-state index contributed by atoms with van der Waals surface area (Å²) in [6, 6.07) is 24.2. The summed E-state index contributed by atoms with van der Waals surface area (Å²) < 4.78 is 2.89. The average molecular weight is 462 g/mol. The van der Waals surface area contributed by atoms with E-state index >= 15 is 0 Å². The van der Waals surface area contributed by atoms with Crippen LogP contribution >= 0.6 is 15.9 Å². The molecule has 0 radical (unpaired) electrons. The molecular formula is C26H24BrNO2. The monoisotopic (exact) mass is 461 g/mol. The quantitative estimate of drug-likeness (QED) is 0.351. The summed E-state index contributed by atoms with van der Waals surface area (Å²) in [5.41, 5.74) is 5.24. The molecule has 0 bridgehead atoms. The molecule has 0 aliphatic carbocycles. The number of para-hydroxylation sites is 1. The summed E-state index contributed by atoms with van der Waals surface area (Å²) in [4.78, 5) is 12.4. The van der Waals surface area contributed by atoms with Crippen molar-refractivity contribution in [1.82, 2.24) is 4.57 Å². The first-order valence-corrected chi connectivity index (χ1v) is 10.7. The Morgan fingerprint density at radius 2 is 1.67 bits per heavy atom. The summed E-state index contributed by atoms with van der Waals surface area (Å²) in [5, 5.41) is 11.1. The fourth-order valence-corrected chi connectivity index (χ4v) is 4.38. The molecule has 30 heavy (non-hydrogen) atoms. The minimum Gasteiger partial charge on any atom is -0.477 e. The zero-order chi connectivity index (χ0) is 21.5. The highest BCUT2D eigenvalue weighted by molar-refractivity contribution is 9.10. The van der Waals surface area contributed by atoms with Crippen molar-refractivity contribution in [3.05, 3.63) is 94.1 Å². The smallest absolute Gasteiger partial charge is 0.353 e. The van der Waals surface area contributed by atoms with Crippen LogP contribution in [0.25, 0.3) is 22.0 Å². The first kappa shape index (κ1) is 20.4. The third-order valence-electron chi connectivity index (χ3n) is 5.44. The van der Waals surface area contributed by atoms with Gasteiger partial charge in [0.15, 0.2) is 0 Å². The van der Waals surface area contributed by atoms with Gasteiger partial charge in [-0.2, -0.15) is 0 Å². The third-order valence-corrected chi connectivity index (χ3v) is 5.94. The molecule has 152 valence electrons. The van der Waals surface area contributed by atoms with Gasteiger partial charge in [0.1, 0.15) is 5.69 Å². The molecule has 0 unspecified atom stereocenters. The first-order valence-electron chi connectivity index (χ1n) is 9.95. The van der Waals surface area contributed by atoms with Crippen LogP contribution in [0, 0.1) is 0 Å². The van der Waals surface area contributed by atoms with Crippen molar-refractivity contribution in [3.8, 4) is 11.1 Å². The van der Waals surface area contributed by atoms with E-state index in [0.717, 1.165) is 32.1 Å². The Bertz CT molecular complexity index is 1230. The Hall–Kier alpha value is -2.85. The lowest BCUT2D eigenvalue weighted by atomic mass is 9.86. The Balaban J connectivity index is 1.94. The van der Waals surface area contributed by atoms with Gasteiger partial charge in [-0.1, -0.05) is 91.3 Å². The molecule has 0 aliphatic rings. The summed E-state index contributed by atoms with van der Waals surface area (Å²) in [5.74, 6) is -0.920. The van der Waals surface area contributed by atoms with Gasteiger partial charge in [0, 0.05) is 27.5 Å². The van der Waals surface area contributed by atoms with Crippen molar-refractivity contribution in [2.24, 2.45) is 0 Å². The van der Waals surface area contributed by atoms with Crippen molar-refractivity contribution in [1.29, 1.82) is 0 Å². The standard InChI is InChI=1S/C26H24BrNO2/c1-26(2,3)19-13-11-18(12-14-19)23-21-9-4-5-10-22(21)28(24(23)25(29)30)16-17-7-6-8-20(27)15-17/h4-15H,16H2,1-3H3,(H,29,30). The van der Waals surface area contributed by atoms with Crippen molar-refractivity contribution in [2.75, 3.05) is 0 Å². The van der Waals surface area contributed by atoms with E-state index in [-0.39, 0.29) is 5.41 Å². The number of carboxylic acid groups (broad SMARTS) is 1. The van der Waals surface area contributed by atoms with Crippen LogP contribution in [0.4, 0.5) is 0 Å². The zero-order valence-electron chi connectivity index (χ0n) is 17.3. The predicted octanol–water partition coefficient (Wildman–Crippen LogP) is 7.11. The molecule has 3 nitrogen and oxygen atoms in total. The van der Waals surface area contributed by atoms with E-state index < -0.39 is 5.97 Å². The van der Waals surface area contributed by atoms with Crippen LogP contribution in [0.5, 0.6) is 0 Å². The second kappa shape index (κ2) is 7.77. The maximum Gasteiger partial charge on any atom is 0.353 e. The van der Waals surface area contributed by atoms with E-state index in [9.17, 15) is 9.90 Å². The zero-order valence-corrected chi connectivity index (χ0v) is 18.9. The molecule has 1 N–H and O–H groups in total. The Morgan fingerprint density at radius 1 is 0.967 bits per heavy atom. The minimum atomic E-state index is -0.920. The first-order chi connectivity index (χ1) is 14.3. The molecule has 4 aromatic rings. The van der Waals surface area contributed by atoms with E-state index in [4.69, 9.17) is 0 Å². The number of halogens is 1. The van der Waals surface area contributed by atoms with Crippen LogP contribution in [-0.2, 0) is 12.0 Å². The molecule has 4 rings (SSSR count). The largest absolute Gasteiger partial charge is 0.477 e. The lowest BCUT2D eigenvalue weighted by molar-refractivity contribution is 0.0687. The summed E-state index contributed by atoms with van der Waals surface area (Å²) in [6.45, 7) is 7.01. The van der Waals surface area contributed by atoms with Gasteiger partial charge in [-0.3, -0.25) is 0 Å². The van der Waals surface area contributed by atoms with Crippen molar-refractivity contribution >= 4 is 32.8 Å². The number of aromatic carboxylic acids is 1. The van der Waals surface area contributed by atoms with Crippen LogP contribution in [0.2, 0.25) is 0 Å². The number of rotatable bonds is 4. The maximum atomic E-state index is 12.4. The fraction of sp³-hybridized carbons (Fsp3) is 0.192. The molecule has 1 aromatic heterocycles. The molecule has 0 saturated carbocycles. The molecule has 3 aromatic carbocycles. The van der Waals surface area contributed by atoms with Crippen LogP contribution < -0.4 is 0 Å². The number of hydrogen-bond donors (Lipinski definition) is 1. The Morgan fingerprint density at radius 3 is 2.30 bits per heavy atom. The number of aromatic nitrogens is 1. The third kappa shape index (κ3) is 3.80. The second-order valence-electron chi connectivity index (χ2n) is 8.59. The number of benzene rings is 3. The molecule has 0 aliphatic heterocycles. The van der Waals surface area contributed by atoms with E-state index in [1.807, 2.05) is 65.2 Å². The highest BCUT2D eigenvalue weighted by Gasteiger charge is 2.24. The fourth-order valence-electron chi connectivity index (χ4n) is 3.94. The number of fused-ring (bicyclic) bond motifs is 1. The van der Waals surface area contributed by atoms with E-state index in [0.29, 0.717) is 12.2 Å². The maximum absolute atomic E-state index is 12.4. The van der Waals surface area contributed by atoms with Crippen molar-refractivity contribution < 1.29 is 9.90 Å². The van der Waals surface area contributed by atoms with E-state index in [2.05, 4.69) is 48.8 Å². The van der Waals surface area contributed by atoms with Crippen LogP contribution in [0.3, 0.4) is 0 Å². The Labute approximate surface area is 185 Å². The van der Waals surface area contributed by atoms with Crippen molar-refractivity contribution in [2.45, 2.75) is 32.7 Å². The molecule has 1 heterocycles. The number of nitrogens with zero attached hydrogens (tertiary/aromatic N) is 1. The van der Waals surface area contributed by atoms with Gasteiger partial charge in [0.2, 0.25) is 0 Å². The minimum absolute atomic E-state index is 0.0445. The highest BCUT2D eigenvalue weighted by atomic mass is 79.9. The SMILES string of the molecule is CC(C)(C)c1ccc(-c2c(C(=O)O)n(Cc3cccc(Br)c3)c3ccccc23)cc1. The molecule has 0 amide bonds. The number of carboxylic acids is 1. The van der Waals surface area contributed by atoms with Crippen LogP contribution in [0.15, 0.2) is 77.3 Å². The van der Waals surface area contributed by atoms with Crippen LogP contribution in [-0.4, -0.2) is 15.6 Å². The lowest BCUT2D eigenvalue weighted by Crippen LogP contribution is -2.11. The Kier molecular flexibility index (Phi) is 5.29. The van der Waals surface area contributed by atoms with Gasteiger partial charge in [-0.25, -0.2) is 4.79 Å².